The summed E-state index contributed by atoms with van der Waals surface area (Å²) in [6, 6.07) is 5.21. The highest BCUT2D eigenvalue weighted by molar-refractivity contribution is 5.64. The van der Waals surface area contributed by atoms with Gasteiger partial charge in [0.05, 0.1) is 36.3 Å². The van der Waals surface area contributed by atoms with Gasteiger partial charge in [0.15, 0.2) is 5.82 Å². The molecule has 1 aliphatic heterocycles. The Morgan fingerprint density at radius 2 is 2.14 bits per heavy atom. The van der Waals surface area contributed by atoms with E-state index in [0.29, 0.717) is 42.2 Å². The minimum atomic E-state index is -0.632. The van der Waals surface area contributed by atoms with Crippen LogP contribution in [0.1, 0.15) is 31.2 Å². The molecule has 3 aromatic rings. The molecule has 1 saturated heterocycles. The summed E-state index contributed by atoms with van der Waals surface area (Å²) in [5.74, 6) is 1.24. The lowest BCUT2D eigenvalue weighted by atomic mass is 10.1. The van der Waals surface area contributed by atoms with Crippen LogP contribution in [-0.2, 0) is 4.74 Å². The Balaban J connectivity index is 1.47. The number of ether oxygens (including phenoxy) is 1. The first-order valence-corrected chi connectivity index (χ1v) is 9.63. The largest absolute Gasteiger partial charge is 0.389 e. The average molecular weight is 383 g/mol. The van der Waals surface area contributed by atoms with Gasteiger partial charge in [0.1, 0.15) is 5.52 Å². The maximum Gasteiger partial charge on any atom is 0.241 e. The van der Waals surface area contributed by atoms with Crippen molar-refractivity contribution in [1.29, 1.82) is 0 Å². The number of rotatable bonds is 4. The molecular formula is C20H22FN5O2. The second kappa shape index (κ2) is 6.79. The Kier molecular flexibility index (Phi) is 4.25. The molecule has 1 aliphatic carbocycles. The van der Waals surface area contributed by atoms with Crippen LogP contribution in [0.5, 0.6) is 0 Å². The first kappa shape index (κ1) is 17.5. The van der Waals surface area contributed by atoms with Gasteiger partial charge in [-0.1, -0.05) is 13.0 Å². The minimum absolute atomic E-state index is 0.201. The highest BCUT2D eigenvalue weighted by atomic mass is 19.1. The van der Waals surface area contributed by atoms with Gasteiger partial charge < -0.3 is 15.2 Å². The number of aliphatic hydroxyl groups is 1. The first-order chi connectivity index (χ1) is 13.6. The molecule has 146 valence electrons. The Bertz CT molecular complexity index is 1010. The standard InChI is InChI=1S/C20H22FN5O2/c1-11-6-13(11)12-2-3-15(22-8-12)17-7-14(21)18-9-23-20(25-26(17)18)24-16-4-5-28-10-19(16)27/h2-3,7-9,11,13,16,19,27H,4-6,10H2,1H3,(H,24,25)/t11-,13-,16-,19-/m1/s1. The Labute approximate surface area is 161 Å². The molecule has 2 fully saturated rings. The topological polar surface area (TPSA) is 84.6 Å². The third kappa shape index (κ3) is 3.12. The van der Waals surface area contributed by atoms with E-state index in [1.165, 1.54) is 28.8 Å². The summed E-state index contributed by atoms with van der Waals surface area (Å²) in [4.78, 5) is 8.74. The van der Waals surface area contributed by atoms with E-state index in [-0.39, 0.29) is 18.2 Å². The predicted molar refractivity (Wildman–Crippen MR) is 102 cm³/mol. The van der Waals surface area contributed by atoms with Crippen LogP contribution in [-0.4, -0.2) is 50.0 Å². The van der Waals surface area contributed by atoms with Gasteiger partial charge in [-0.3, -0.25) is 4.98 Å². The van der Waals surface area contributed by atoms with Crippen LogP contribution in [0, 0.1) is 11.7 Å². The molecule has 2 aliphatic rings. The normalized spacial score (nSPS) is 27.1. The maximum atomic E-state index is 14.4. The van der Waals surface area contributed by atoms with Crippen LogP contribution in [0.15, 0.2) is 30.6 Å². The van der Waals surface area contributed by atoms with Crippen molar-refractivity contribution >= 4 is 11.5 Å². The zero-order valence-corrected chi connectivity index (χ0v) is 15.5. The number of aliphatic hydroxyl groups excluding tert-OH is 1. The highest BCUT2D eigenvalue weighted by Gasteiger charge is 2.34. The Hall–Kier alpha value is -2.58. The summed E-state index contributed by atoms with van der Waals surface area (Å²) < 4.78 is 21.2. The lowest BCUT2D eigenvalue weighted by Crippen LogP contribution is -2.42. The molecule has 4 heterocycles. The number of nitrogens with zero attached hydrogens (tertiary/aromatic N) is 4. The van der Waals surface area contributed by atoms with Crippen LogP contribution >= 0.6 is 0 Å². The van der Waals surface area contributed by atoms with Crippen LogP contribution in [0.4, 0.5) is 10.3 Å². The summed E-state index contributed by atoms with van der Waals surface area (Å²) in [5, 5.41) is 17.6. The van der Waals surface area contributed by atoms with Crippen molar-refractivity contribution in [3.8, 4) is 11.4 Å². The van der Waals surface area contributed by atoms with Crippen LogP contribution in [0.2, 0.25) is 0 Å². The fourth-order valence-electron chi connectivity index (χ4n) is 3.82. The second-order valence-corrected chi connectivity index (χ2v) is 7.73. The van der Waals surface area contributed by atoms with E-state index in [1.54, 1.807) is 0 Å². The fourth-order valence-corrected chi connectivity index (χ4v) is 3.82. The number of fused-ring (bicyclic) bond motifs is 1. The molecule has 0 aromatic carbocycles. The van der Waals surface area contributed by atoms with Crippen molar-refractivity contribution in [3.63, 3.8) is 0 Å². The van der Waals surface area contributed by atoms with E-state index >= 15 is 0 Å². The third-order valence-corrected chi connectivity index (χ3v) is 5.70. The SMILES string of the molecule is C[C@@H]1C[C@H]1c1ccc(-c2cc(F)c3cnc(N[C@@H]4CCOC[C@H]4O)nn23)nc1. The van der Waals surface area contributed by atoms with Crippen LogP contribution in [0.3, 0.4) is 0 Å². The van der Waals surface area contributed by atoms with Crippen LogP contribution in [0.25, 0.3) is 16.9 Å². The fraction of sp³-hybridized carbons (Fsp3) is 0.450. The molecule has 3 aromatic heterocycles. The molecule has 7 nitrogen and oxygen atoms in total. The van der Waals surface area contributed by atoms with E-state index in [4.69, 9.17) is 4.74 Å². The van der Waals surface area contributed by atoms with Gasteiger partial charge >= 0.3 is 0 Å². The monoisotopic (exact) mass is 383 g/mol. The van der Waals surface area contributed by atoms with Gasteiger partial charge in [0.25, 0.3) is 0 Å². The Morgan fingerprint density at radius 3 is 2.86 bits per heavy atom. The van der Waals surface area contributed by atoms with Crippen LogP contribution < -0.4 is 5.32 Å². The highest BCUT2D eigenvalue weighted by Crippen LogP contribution is 2.46. The quantitative estimate of drug-likeness (QED) is 0.721. The van der Waals surface area contributed by atoms with E-state index in [0.717, 1.165) is 0 Å². The first-order valence-electron chi connectivity index (χ1n) is 9.63. The summed E-state index contributed by atoms with van der Waals surface area (Å²) in [7, 11) is 0. The molecule has 0 amide bonds. The lowest BCUT2D eigenvalue weighted by molar-refractivity contribution is -0.0136. The van der Waals surface area contributed by atoms with E-state index in [2.05, 4.69) is 33.4 Å². The van der Waals surface area contributed by atoms with Crippen molar-refractivity contribution in [3.05, 3.63) is 42.0 Å². The number of hydrogen-bond donors (Lipinski definition) is 2. The molecule has 8 heteroatoms. The van der Waals surface area contributed by atoms with Gasteiger partial charge in [-0.25, -0.2) is 13.9 Å². The van der Waals surface area contributed by atoms with Gasteiger partial charge in [-0.15, -0.1) is 5.10 Å². The number of nitrogens with one attached hydrogen (secondary N) is 1. The van der Waals surface area contributed by atoms with Gasteiger partial charge in [-0.2, -0.15) is 0 Å². The molecule has 28 heavy (non-hydrogen) atoms. The minimum Gasteiger partial charge on any atom is -0.389 e. The lowest BCUT2D eigenvalue weighted by Gasteiger charge is -2.28. The van der Waals surface area contributed by atoms with Gasteiger partial charge in [0.2, 0.25) is 5.95 Å². The zero-order valence-electron chi connectivity index (χ0n) is 15.5. The summed E-state index contributed by atoms with van der Waals surface area (Å²) >= 11 is 0. The molecule has 0 bridgehead atoms. The van der Waals surface area contributed by atoms with Crippen molar-refractivity contribution in [2.24, 2.45) is 5.92 Å². The molecule has 0 unspecified atom stereocenters. The maximum absolute atomic E-state index is 14.4. The molecule has 4 atom stereocenters. The third-order valence-electron chi connectivity index (χ3n) is 5.70. The van der Waals surface area contributed by atoms with Gasteiger partial charge in [0, 0.05) is 18.9 Å². The number of hydrogen-bond acceptors (Lipinski definition) is 6. The van der Waals surface area contributed by atoms with Crippen molar-refractivity contribution in [1.82, 2.24) is 19.6 Å². The van der Waals surface area contributed by atoms with Crippen molar-refractivity contribution < 1.29 is 14.2 Å². The molecule has 0 spiro atoms. The summed E-state index contributed by atoms with van der Waals surface area (Å²) in [5.41, 5.74) is 2.74. The smallest absolute Gasteiger partial charge is 0.241 e. The molecule has 1 saturated carbocycles. The second-order valence-electron chi connectivity index (χ2n) is 7.73. The van der Waals surface area contributed by atoms with Gasteiger partial charge in [-0.05, 0) is 36.3 Å². The zero-order chi connectivity index (χ0) is 19.3. The molecular weight excluding hydrogens is 361 g/mol. The summed E-state index contributed by atoms with van der Waals surface area (Å²) in [6.45, 7) is 3.07. The number of pyridine rings is 1. The number of anilines is 1. The predicted octanol–water partition coefficient (Wildman–Crippen LogP) is 2.62. The molecule has 0 radical (unpaired) electrons. The summed E-state index contributed by atoms with van der Waals surface area (Å²) in [6.07, 6.45) is 4.54. The van der Waals surface area contributed by atoms with Crippen molar-refractivity contribution in [2.45, 2.75) is 37.8 Å². The molecule has 5 rings (SSSR count). The molecule has 2 N–H and O–H groups in total. The van der Waals surface area contributed by atoms with E-state index in [1.807, 2.05) is 12.3 Å². The number of halogens is 1. The van der Waals surface area contributed by atoms with E-state index in [9.17, 15) is 9.50 Å². The average Bonchev–Trinajstić information content (AvgIpc) is 3.35. The number of aromatic nitrogens is 4. The Morgan fingerprint density at radius 1 is 1.29 bits per heavy atom. The van der Waals surface area contributed by atoms with Crippen molar-refractivity contribution in [2.75, 3.05) is 18.5 Å². The van der Waals surface area contributed by atoms with E-state index < -0.39 is 11.9 Å².